The summed E-state index contributed by atoms with van der Waals surface area (Å²) >= 11 is 0. The fraction of sp³-hybridized carbons (Fsp3) is 0.611. The number of ether oxygens (including phenoxy) is 2. The van der Waals surface area contributed by atoms with Crippen LogP contribution in [0.2, 0.25) is 0 Å². The number of carbonyl (C=O) groups excluding carboxylic acids is 1. The third-order valence-corrected chi connectivity index (χ3v) is 5.47. The van der Waals surface area contributed by atoms with Crippen molar-refractivity contribution in [3.8, 4) is 5.75 Å². The summed E-state index contributed by atoms with van der Waals surface area (Å²) in [6.45, 7) is 7.12. The van der Waals surface area contributed by atoms with Gasteiger partial charge in [-0.1, -0.05) is 13.8 Å². The molecule has 1 saturated heterocycles. The van der Waals surface area contributed by atoms with Gasteiger partial charge in [-0.2, -0.15) is 0 Å². The van der Waals surface area contributed by atoms with Gasteiger partial charge >= 0.3 is 0 Å². The molecule has 0 aromatic heterocycles. The van der Waals surface area contributed by atoms with Crippen LogP contribution in [-0.2, 0) is 19.6 Å². The van der Waals surface area contributed by atoms with Crippen molar-refractivity contribution in [1.29, 1.82) is 0 Å². The lowest BCUT2D eigenvalue weighted by atomic mass is 10.2. The van der Waals surface area contributed by atoms with Gasteiger partial charge in [0.15, 0.2) is 6.61 Å². The molecule has 2 N–H and O–H groups in total. The number of hydrogen-bond donors (Lipinski definition) is 2. The monoisotopic (exact) mass is 384 g/mol. The second-order valence-electron chi connectivity index (χ2n) is 6.90. The van der Waals surface area contributed by atoms with Gasteiger partial charge in [-0.15, -0.1) is 0 Å². The van der Waals surface area contributed by atoms with Crippen molar-refractivity contribution in [3.05, 3.63) is 23.8 Å². The van der Waals surface area contributed by atoms with Gasteiger partial charge in [0, 0.05) is 19.7 Å². The highest BCUT2D eigenvalue weighted by atomic mass is 32.2. The van der Waals surface area contributed by atoms with Gasteiger partial charge in [0.05, 0.1) is 11.0 Å². The molecular weight excluding hydrogens is 356 g/mol. The van der Waals surface area contributed by atoms with Gasteiger partial charge in [0.2, 0.25) is 10.0 Å². The Labute approximate surface area is 155 Å². The molecule has 1 aliphatic heterocycles. The highest BCUT2D eigenvalue weighted by Gasteiger charge is 2.17. The van der Waals surface area contributed by atoms with E-state index in [4.69, 9.17) is 9.47 Å². The van der Waals surface area contributed by atoms with Gasteiger partial charge in [-0.3, -0.25) is 4.79 Å². The fourth-order valence-corrected chi connectivity index (χ4v) is 3.84. The number of sulfonamides is 1. The number of nitrogens with one attached hydrogen (secondary N) is 2. The van der Waals surface area contributed by atoms with Crippen LogP contribution >= 0.6 is 0 Å². The topological polar surface area (TPSA) is 93.7 Å². The maximum absolute atomic E-state index is 12.2. The maximum Gasteiger partial charge on any atom is 0.258 e. The zero-order chi connectivity index (χ0) is 19.2. The summed E-state index contributed by atoms with van der Waals surface area (Å²) in [7, 11) is -3.54. The molecule has 0 spiro atoms. The molecule has 0 saturated carbocycles. The maximum atomic E-state index is 12.2. The van der Waals surface area contributed by atoms with Crippen LogP contribution in [0.25, 0.3) is 0 Å². The first-order chi connectivity index (χ1) is 12.3. The van der Waals surface area contributed by atoms with E-state index >= 15 is 0 Å². The molecule has 1 heterocycles. The Bertz CT molecular complexity index is 712. The summed E-state index contributed by atoms with van der Waals surface area (Å²) in [5, 5.41) is 2.78. The van der Waals surface area contributed by atoms with Crippen molar-refractivity contribution in [1.82, 2.24) is 10.0 Å². The van der Waals surface area contributed by atoms with Gasteiger partial charge in [0.25, 0.3) is 5.91 Å². The molecule has 1 aliphatic rings. The minimum absolute atomic E-state index is 0.0866. The molecule has 1 aromatic carbocycles. The highest BCUT2D eigenvalue weighted by molar-refractivity contribution is 7.89. The molecule has 7 nitrogen and oxygen atoms in total. The first kappa shape index (κ1) is 20.7. The summed E-state index contributed by atoms with van der Waals surface area (Å²) in [6.07, 6.45) is 2.07. The van der Waals surface area contributed by atoms with Gasteiger partial charge in [-0.05, 0) is 49.4 Å². The van der Waals surface area contributed by atoms with E-state index in [1.54, 1.807) is 19.1 Å². The van der Waals surface area contributed by atoms with Crippen molar-refractivity contribution in [3.63, 3.8) is 0 Å². The molecule has 2 rings (SSSR count). The van der Waals surface area contributed by atoms with Crippen molar-refractivity contribution in [2.24, 2.45) is 5.92 Å². The number of amides is 1. The molecular formula is C18H28N2O5S. The fourth-order valence-electron chi connectivity index (χ4n) is 2.54. The van der Waals surface area contributed by atoms with E-state index in [9.17, 15) is 13.2 Å². The van der Waals surface area contributed by atoms with Crippen LogP contribution in [0.3, 0.4) is 0 Å². The van der Waals surface area contributed by atoms with Crippen LogP contribution in [0, 0.1) is 12.8 Å². The van der Waals surface area contributed by atoms with Gasteiger partial charge in [0.1, 0.15) is 5.75 Å². The van der Waals surface area contributed by atoms with E-state index in [0.717, 1.165) is 19.4 Å². The smallest absolute Gasteiger partial charge is 0.258 e. The summed E-state index contributed by atoms with van der Waals surface area (Å²) < 4.78 is 38.0. The lowest BCUT2D eigenvalue weighted by Gasteiger charge is -2.13. The van der Waals surface area contributed by atoms with Crippen molar-refractivity contribution >= 4 is 15.9 Å². The molecule has 0 aliphatic carbocycles. The molecule has 1 aromatic rings. The first-order valence-corrected chi connectivity index (χ1v) is 10.4. The molecule has 0 radical (unpaired) electrons. The van der Waals surface area contributed by atoms with Crippen LogP contribution in [0.1, 0.15) is 32.3 Å². The quantitative estimate of drug-likeness (QED) is 0.675. The number of rotatable bonds is 9. The Balaban J connectivity index is 1.87. The summed E-state index contributed by atoms with van der Waals surface area (Å²) in [5.74, 6) is 0.483. The predicted octanol–water partition coefficient (Wildman–Crippen LogP) is 1.60. The Morgan fingerprint density at radius 2 is 2.15 bits per heavy atom. The minimum atomic E-state index is -3.54. The second-order valence-corrected chi connectivity index (χ2v) is 8.67. The lowest BCUT2D eigenvalue weighted by Crippen LogP contribution is -2.35. The lowest BCUT2D eigenvalue weighted by molar-refractivity contribution is -0.123. The van der Waals surface area contributed by atoms with Gasteiger partial charge in [-0.25, -0.2) is 13.1 Å². The predicted molar refractivity (Wildman–Crippen MR) is 98.7 cm³/mol. The van der Waals surface area contributed by atoms with Crippen molar-refractivity contribution in [2.45, 2.75) is 44.6 Å². The first-order valence-electron chi connectivity index (χ1n) is 8.89. The van der Waals surface area contributed by atoms with Crippen LogP contribution in [-0.4, -0.2) is 46.7 Å². The van der Waals surface area contributed by atoms with Crippen molar-refractivity contribution in [2.75, 3.05) is 26.3 Å². The highest BCUT2D eigenvalue weighted by Crippen LogP contribution is 2.22. The third kappa shape index (κ3) is 6.26. The Kier molecular flexibility index (Phi) is 7.43. The average molecular weight is 384 g/mol. The molecule has 8 heteroatoms. The Morgan fingerprint density at radius 1 is 1.38 bits per heavy atom. The number of hydrogen-bond acceptors (Lipinski definition) is 5. The molecule has 1 fully saturated rings. The number of aryl methyl sites for hydroxylation is 1. The van der Waals surface area contributed by atoms with Crippen LogP contribution in [0.15, 0.2) is 23.1 Å². The zero-order valence-electron chi connectivity index (χ0n) is 15.6. The van der Waals surface area contributed by atoms with Crippen LogP contribution in [0.4, 0.5) is 0 Å². The zero-order valence-corrected chi connectivity index (χ0v) is 16.4. The second kappa shape index (κ2) is 9.34. The van der Waals surface area contributed by atoms with E-state index < -0.39 is 10.0 Å². The Morgan fingerprint density at radius 3 is 2.77 bits per heavy atom. The van der Waals surface area contributed by atoms with E-state index in [1.165, 1.54) is 6.07 Å². The van der Waals surface area contributed by atoms with E-state index in [2.05, 4.69) is 10.0 Å². The normalized spacial score (nSPS) is 17.5. The van der Waals surface area contributed by atoms with Gasteiger partial charge < -0.3 is 14.8 Å². The molecule has 1 amide bonds. The summed E-state index contributed by atoms with van der Waals surface area (Å²) in [6, 6.07) is 4.60. The molecule has 0 unspecified atom stereocenters. The van der Waals surface area contributed by atoms with E-state index in [0.29, 0.717) is 24.4 Å². The SMILES string of the molecule is Cc1cc(S(=O)(=O)NCC(C)C)ccc1OCC(=O)NC[C@H]1CCCO1. The number of carbonyl (C=O) groups is 1. The van der Waals surface area contributed by atoms with Crippen LogP contribution < -0.4 is 14.8 Å². The average Bonchev–Trinajstić information content (AvgIpc) is 3.10. The molecule has 1 atom stereocenters. The Hall–Kier alpha value is -1.64. The molecule has 0 bridgehead atoms. The third-order valence-electron chi connectivity index (χ3n) is 4.05. The molecule has 26 heavy (non-hydrogen) atoms. The van der Waals surface area contributed by atoms with E-state index in [1.807, 2.05) is 13.8 Å². The standard InChI is InChI=1S/C18H28N2O5S/c1-13(2)10-20-26(22,23)16-6-7-17(14(3)9-16)25-12-18(21)19-11-15-5-4-8-24-15/h6-7,9,13,15,20H,4-5,8,10-12H2,1-3H3,(H,19,21)/t15-/m1/s1. The summed E-state index contributed by atoms with van der Waals surface area (Å²) in [4.78, 5) is 12.0. The van der Waals surface area contributed by atoms with E-state index in [-0.39, 0.29) is 29.4 Å². The number of benzene rings is 1. The summed E-state index contributed by atoms with van der Waals surface area (Å²) in [5.41, 5.74) is 0.657. The molecule has 146 valence electrons. The van der Waals surface area contributed by atoms with Crippen LogP contribution in [0.5, 0.6) is 5.75 Å². The largest absolute Gasteiger partial charge is 0.484 e. The minimum Gasteiger partial charge on any atom is -0.484 e. The van der Waals surface area contributed by atoms with Crippen molar-refractivity contribution < 1.29 is 22.7 Å².